The van der Waals surface area contributed by atoms with Crippen molar-refractivity contribution in [3.05, 3.63) is 130 Å². The third-order valence-electron chi connectivity index (χ3n) is 6.05. The van der Waals surface area contributed by atoms with E-state index in [-0.39, 0.29) is 17.0 Å². The second kappa shape index (κ2) is 10.8. The number of aryl methyl sites for hydroxylation is 1. The van der Waals surface area contributed by atoms with Gasteiger partial charge in [-0.05, 0) is 48.9 Å². The highest BCUT2D eigenvalue weighted by molar-refractivity contribution is 6.10. The number of carbonyl (C=O) groups is 2. The van der Waals surface area contributed by atoms with Gasteiger partial charge < -0.3 is 9.72 Å². The number of para-hydroxylation sites is 1. The lowest BCUT2D eigenvalue weighted by Gasteiger charge is -2.07. The van der Waals surface area contributed by atoms with Crippen molar-refractivity contribution in [3.63, 3.8) is 0 Å². The van der Waals surface area contributed by atoms with Crippen molar-refractivity contribution in [1.82, 2.24) is 10.4 Å². The van der Waals surface area contributed by atoms with Gasteiger partial charge in [0, 0.05) is 34.2 Å². The van der Waals surface area contributed by atoms with Crippen molar-refractivity contribution >= 4 is 34.7 Å². The van der Waals surface area contributed by atoms with Gasteiger partial charge >= 0.3 is 5.97 Å². The first-order valence-corrected chi connectivity index (χ1v) is 12.0. The van der Waals surface area contributed by atoms with Gasteiger partial charge in [0.05, 0.1) is 16.7 Å². The number of carbonyl (C=O) groups excluding carboxylic acids is 2. The number of nitro benzene ring substituents is 1. The predicted octanol–water partition coefficient (Wildman–Crippen LogP) is 6.03. The van der Waals surface area contributed by atoms with Gasteiger partial charge in [0.25, 0.3) is 11.6 Å². The number of nitrogens with one attached hydrogen (secondary N) is 2. The number of nitro groups is 1. The van der Waals surface area contributed by atoms with Gasteiger partial charge in [-0.1, -0.05) is 54.1 Å². The molecule has 0 saturated heterocycles. The van der Waals surface area contributed by atoms with Crippen LogP contribution in [0.3, 0.4) is 0 Å². The normalized spacial score (nSPS) is 11.0. The zero-order chi connectivity index (χ0) is 27.4. The van der Waals surface area contributed by atoms with Gasteiger partial charge in [0.15, 0.2) is 0 Å². The molecular formula is C30H22N4O5. The zero-order valence-electron chi connectivity index (χ0n) is 20.8. The van der Waals surface area contributed by atoms with Crippen molar-refractivity contribution in [1.29, 1.82) is 0 Å². The van der Waals surface area contributed by atoms with E-state index in [4.69, 9.17) is 4.74 Å². The molecule has 0 aliphatic carbocycles. The van der Waals surface area contributed by atoms with Crippen LogP contribution >= 0.6 is 0 Å². The molecule has 39 heavy (non-hydrogen) atoms. The maximum Gasteiger partial charge on any atom is 0.343 e. The molecule has 4 aromatic carbocycles. The summed E-state index contributed by atoms with van der Waals surface area (Å²) < 4.78 is 5.48. The summed E-state index contributed by atoms with van der Waals surface area (Å²) in [6.07, 6.45) is 1.38. The van der Waals surface area contributed by atoms with Crippen molar-refractivity contribution in [2.75, 3.05) is 0 Å². The molecule has 0 saturated carbocycles. The SMILES string of the molecule is Cc1ccc2[nH]c(C(=O)NN=Cc3ccccc3OC(=O)c3ccc([N+](=O)[O-])cc3)c(-c3ccccc3)c2c1. The molecular weight excluding hydrogens is 496 g/mol. The monoisotopic (exact) mass is 518 g/mol. The van der Waals surface area contributed by atoms with E-state index in [9.17, 15) is 19.7 Å². The molecule has 0 fully saturated rings. The fraction of sp³-hybridized carbons (Fsp3) is 0.0333. The molecule has 1 aromatic heterocycles. The Bertz CT molecular complexity index is 1720. The summed E-state index contributed by atoms with van der Waals surface area (Å²) in [7, 11) is 0. The molecule has 0 radical (unpaired) electrons. The third kappa shape index (κ3) is 5.42. The molecule has 1 amide bonds. The molecule has 0 aliphatic heterocycles. The number of esters is 1. The van der Waals surface area contributed by atoms with Crippen LogP contribution in [0.2, 0.25) is 0 Å². The lowest BCUT2D eigenvalue weighted by molar-refractivity contribution is -0.384. The number of hydrazone groups is 1. The van der Waals surface area contributed by atoms with Crippen LogP contribution in [0.1, 0.15) is 32.0 Å². The van der Waals surface area contributed by atoms with E-state index in [1.54, 1.807) is 24.3 Å². The van der Waals surface area contributed by atoms with Gasteiger partial charge in [0.1, 0.15) is 11.4 Å². The Labute approximate surface area is 222 Å². The van der Waals surface area contributed by atoms with Crippen molar-refractivity contribution in [2.24, 2.45) is 5.10 Å². The first-order chi connectivity index (χ1) is 18.9. The van der Waals surface area contributed by atoms with E-state index >= 15 is 0 Å². The van der Waals surface area contributed by atoms with Gasteiger partial charge in [0.2, 0.25) is 0 Å². The van der Waals surface area contributed by atoms with E-state index in [0.717, 1.165) is 27.6 Å². The number of fused-ring (bicyclic) bond motifs is 1. The molecule has 5 rings (SSSR count). The Morgan fingerprint density at radius 3 is 2.41 bits per heavy atom. The van der Waals surface area contributed by atoms with Crippen molar-refractivity contribution in [2.45, 2.75) is 6.92 Å². The molecule has 0 aliphatic rings. The minimum atomic E-state index is -0.685. The Morgan fingerprint density at radius 1 is 0.949 bits per heavy atom. The van der Waals surface area contributed by atoms with E-state index in [2.05, 4.69) is 15.5 Å². The Hall–Kier alpha value is -5.57. The molecule has 0 unspecified atom stereocenters. The average Bonchev–Trinajstić information content (AvgIpc) is 3.33. The lowest BCUT2D eigenvalue weighted by atomic mass is 10.0. The number of rotatable bonds is 7. The Balaban J connectivity index is 1.36. The summed E-state index contributed by atoms with van der Waals surface area (Å²) >= 11 is 0. The number of ether oxygens (including phenoxy) is 1. The molecule has 5 aromatic rings. The number of aromatic amines is 1. The van der Waals surface area contributed by atoms with Crippen molar-refractivity contribution < 1.29 is 19.2 Å². The highest BCUT2D eigenvalue weighted by Gasteiger charge is 2.19. The van der Waals surface area contributed by atoms with Crippen LogP contribution in [-0.4, -0.2) is 28.0 Å². The lowest BCUT2D eigenvalue weighted by Crippen LogP contribution is -2.19. The van der Waals surface area contributed by atoms with Gasteiger partial charge in [-0.25, -0.2) is 10.2 Å². The minimum Gasteiger partial charge on any atom is -0.422 e. The van der Waals surface area contributed by atoms with Crippen LogP contribution in [0.5, 0.6) is 5.75 Å². The summed E-state index contributed by atoms with van der Waals surface area (Å²) in [6.45, 7) is 2.00. The topological polar surface area (TPSA) is 127 Å². The predicted molar refractivity (Wildman–Crippen MR) is 148 cm³/mol. The number of benzene rings is 4. The number of aromatic nitrogens is 1. The molecule has 0 bridgehead atoms. The minimum absolute atomic E-state index is 0.129. The second-order valence-corrected chi connectivity index (χ2v) is 8.72. The highest BCUT2D eigenvalue weighted by atomic mass is 16.6. The summed E-state index contributed by atoms with van der Waals surface area (Å²) in [4.78, 5) is 39.3. The molecule has 2 N–H and O–H groups in total. The summed E-state index contributed by atoms with van der Waals surface area (Å²) in [6, 6.07) is 27.4. The Morgan fingerprint density at radius 2 is 1.67 bits per heavy atom. The number of non-ortho nitro benzene ring substituents is 1. The van der Waals surface area contributed by atoms with Crippen LogP contribution in [0.15, 0.2) is 102 Å². The van der Waals surface area contributed by atoms with Gasteiger partial charge in [-0.3, -0.25) is 14.9 Å². The summed E-state index contributed by atoms with van der Waals surface area (Å²) in [5, 5.41) is 15.9. The van der Waals surface area contributed by atoms with Crippen LogP contribution in [0.25, 0.3) is 22.0 Å². The molecule has 9 heteroatoms. The number of amides is 1. The maximum absolute atomic E-state index is 13.2. The standard InChI is InChI=1S/C30H22N4O5/c1-19-11-16-25-24(17-19)27(20-7-3-2-4-8-20)28(32-25)29(35)33-31-18-22-9-5-6-10-26(22)39-30(36)21-12-14-23(15-13-21)34(37)38/h2-18,32H,1H3,(H,33,35). The molecule has 0 spiro atoms. The number of hydrogen-bond acceptors (Lipinski definition) is 6. The van der Waals surface area contributed by atoms with E-state index in [1.165, 1.54) is 30.5 Å². The number of hydrogen-bond donors (Lipinski definition) is 2. The number of nitrogens with zero attached hydrogens (tertiary/aromatic N) is 2. The fourth-order valence-electron chi connectivity index (χ4n) is 4.16. The van der Waals surface area contributed by atoms with Crippen LogP contribution in [0, 0.1) is 17.0 Å². The largest absolute Gasteiger partial charge is 0.422 e. The van der Waals surface area contributed by atoms with Gasteiger partial charge in [-0.2, -0.15) is 5.10 Å². The molecule has 0 atom stereocenters. The third-order valence-corrected chi connectivity index (χ3v) is 6.05. The summed E-state index contributed by atoms with van der Waals surface area (Å²) in [5.41, 5.74) is 6.98. The van der Waals surface area contributed by atoms with Crippen LogP contribution in [-0.2, 0) is 0 Å². The van der Waals surface area contributed by atoms with E-state index in [0.29, 0.717) is 11.3 Å². The molecule has 192 valence electrons. The van der Waals surface area contributed by atoms with Crippen LogP contribution in [0.4, 0.5) is 5.69 Å². The Kier molecular flexibility index (Phi) is 6.96. The van der Waals surface area contributed by atoms with Gasteiger partial charge in [-0.15, -0.1) is 0 Å². The molecule has 9 nitrogen and oxygen atoms in total. The van der Waals surface area contributed by atoms with E-state index < -0.39 is 16.8 Å². The first kappa shape index (κ1) is 25.1. The first-order valence-electron chi connectivity index (χ1n) is 12.0. The van der Waals surface area contributed by atoms with Crippen LogP contribution < -0.4 is 10.2 Å². The van der Waals surface area contributed by atoms with E-state index in [1.807, 2.05) is 55.5 Å². The quantitative estimate of drug-likeness (QED) is 0.0894. The summed E-state index contributed by atoms with van der Waals surface area (Å²) in [5.74, 6) is -0.903. The van der Waals surface area contributed by atoms with Crippen molar-refractivity contribution in [3.8, 4) is 16.9 Å². The number of H-pyrrole nitrogens is 1. The molecule has 1 heterocycles. The fourth-order valence-corrected chi connectivity index (χ4v) is 4.16. The zero-order valence-corrected chi connectivity index (χ0v) is 20.8. The highest BCUT2D eigenvalue weighted by Crippen LogP contribution is 2.33. The second-order valence-electron chi connectivity index (χ2n) is 8.72. The smallest absolute Gasteiger partial charge is 0.343 e. The maximum atomic E-state index is 13.2. The average molecular weight is 519 g/mol.